The summed E-state index contributed by atoms with van der Waals surface area (Å²) in [5, 5.41) is 12.4. The van der Waals surface area contributed by atoms with E-state index >= 15 is 0 Å². The summed E-state index contributed by atoms with van der Waals surface area (Å²) in [6, 6.07) is 15.6. The van der Waals surface area contributed by atoms with Gasteiger partial charge in [-0.1, -0.05) is 62.7 Å². The number of carbonyl (C=O) groups is 1. The van der Waals surface area contributed by atoms with E-state index in [2.05, 4.69) is 5.10 Å². The van der Waals surface area contributed by atoms with E-state index in [-0.39, 0.29) is 24.0 Å². The first-order valence-corrected chi connectivity index (χ1v) is 13.2. The summed E-state index contributed by atoms with van der Waals surface area (Å²) in [4.78, 5) is 8.36. The molecular weight excluding hydrogens is 570 g/mol. The van der Waals surface area contributed by atoms with Crippen molar-refractivity contribution in [1.82, 2.24) is 0 Å². The number of rotatable bonds is 5. The van der Waals surface area contributed by atoms with E-state index < -0.39 is 23.6 Å². The zero-order valence-electron chi connectivity index (χ0n) is 22.9. The van der Waals surface area contributed by atoms with Crippen molar-refractivity contribution in [2.45, 2.75) is 65.4 Å². The van der Waals surface area contributed by atoms with E-state index in [9.17, 15) is 26.3 Å². The zero-order chi connectivity index (χ0) is 31.0. The minimum absolute atomic E-state index is 0.136. The first-order valence-electron chi connectivity index (χ1n) is 12.9. The number of anilines is 1. The molecule has 1 N–H and O–H groups in total. The summed E-state index contributed by atoms with van der Waals surface area (Å²) in [5.74, 6) is 0. The zero-order valence-corrected chi connectivity index (χ0v) is 23.7. The highest BCUT2D eigenvalue weighted by Crippen LogP contribution is 2.37. The van der Waals surface area contributed by atoms with Crippen molar-refractivity contribution < 1.29 is 36.2 Å². The number of hydrogen-bond acceptors (Lipinski definition) is 3. The monoisotopic (exact) mass is 600 g/mol. The summed E-state index contributed by atoms with van der Waals surface area (Å²) in [5.41, 5.74) is 2.65. The van der Waals surface area contributed by atoms with Crippen molar-refractivity contribution in [2.75, 3.05) is 5.01 Å². The molecule has 0 fully saturated rings. The lowest BCUT2D eigenvalue weighted by molar-refractivity contribution is -0.137. The number of aryl methyl sites for hydroxylation is 1. The molecule has 0 aliphatic carbocycles. The van der Waals surface area contributed by atoms with Gasteiger partial charge in [-0.2, -0.15) is 31.4 Å². The van der Waals surface area contributed by atoms with Gasteiger partial charge in [0, 0.05) is 17.0 Å². The summed E-state index contributed by atoms with van der Waals surface area (Å²) >= 11 is 6.20. The van der Waals surface area contributed by atoms with Crippen LogP contribution in [0.2, 0.25) is 5.02 Å². The van der Waals surface area contributed by atoms with Crippen LogP contribution in [0.5, 0.6) is 0 Å². The van der Waals surface area contributed by atoms with Gasteiger partial charge in [0.25, 0.3) is 6.47 Å². The average Bonchev–Trinajstić information content (AvgIpc) is 3.36. The predicted octanol–water partition coefficient (Wildman–Crippen LogP) is 9.56. The fourth-order valence-corrected chi connectivity index (χ4v) is 4.59. The van der Waals surface area contributed by atoms with Crippen LogP contribution in [0.1, 0.15) is 55.9 Å². The third-order valence-corrected chi connectivity index (χ3v) is 6.62. The predicted molar refractivity (Wildman–Crippen MR) is 151 cm³/mol. The molecule has 0 saturated carbocycles. The molecule has 1 aliphatic rings. The Morgan fingerprint density at radius 3 is 2.02 bits per heavy atom. The normalized spacial score (nSPS) is 14.9. The molecule has 4 nitrogen and oxygen atoms in total. The second-order valence-electron chi connectivity index (χ2n) is 8.95. The minimum Gasteiger partial charge on any atom is -0.483 e. The maximum absolute atomic E-state index is 13.2. The van der Waals surface area contributed by atoms with Gasteiger partial charge in [-0.05, 0) is 72.4 Å². The molecule has 1 unspecified atom stereocenters. The Labute approximate surface area is 240 Å². The largest absolute Gasteiger partial charge is 0.483 e. The highest BCUT2D eigenvalue weighted by Gasteiger charge is 2.42. The Bertz CT molecular complexity index is 1340. The second-order valence-corrected chi connectivity index (χ2v) is 9.35. The third-order valence-electron chi connectivity index (χ3n) is 6.29. The highest BCUT2D eigenvalue weighted by atomic mass is 35.5. The van der Waals surface area contributed by atoms with Crippen LogP contribution in [-0.4, -0.2) is 29.5 Å². The number of benzene rings is 3. The molecule has 4 rings (SSSR count). The van der Waals surface area contributed by atoms with Crippen molar-refractivity contribution in [2.24, 2.45) is 5.10 Å². The van der Waals surface area contributed by atoms with Gasteiger partial charge in [-0.15, -0.1) is 0 Å². The van der Waals surface area contributed by atoms with E-state index in [0.717, 1.165) is 28.8 Å². The lowest BCUT2D eigenvalue weighted by atomic mass is 9.95. The lowest BCUT2D eigenvalue weighted by Crippen LogP contribution is -2.26. The van der Waals surface area contributed by atoms with Crippen LogP contribution in [0.3, 0.4) is 0 Å². The summed E-state index contributed by atoms with van der Waals surface area (Å²) < 4.78 is 78.8. The number of nitrogens with zero attached hydrogens (tertiary/aromatic N) is 2. The Morgan fingerprint density at radius 1 is 0.927 bits per heavy atom. The van der Waals surface area contributed by atoms with Gasteiger partial charge in [0.15, 0.2) is 0 Å². The molecule has 1 atom stereocenters. The van der Waals surface area contributed by atoms with Gasteiger partial charge in [-0.25, -0.2) is 0 Å². The number of alkyl halides is 6. The first-order chi connectivity index (χ1) is 19.3. The van der Waals surface area contributed by atoms with E-state index in [1.165, 1.54) is 11.1 Å². The van der Waals surface area contributed by atoms with Crippen LogP contribution in [0.4, 0.5) is 32.0 Å². The van der Waals surface area contributed by atoms with Gasteiger partial charge in [0.05, 0.1) is 17.3 Å². The molecule has 0 spiro atoms. The molecule has 11 heteroatoms. The SMILES string of the molecule is CC.CCC1CC(C(F)(F)F)=NN1c1ccc(Cc2ccc(-c3cc(C(F)(F)F)ccc3Cl)c(C)c2)cc1.O=CO. The fourth-order valence-electron chi connectivity index (χ4n) is 4.37. The molecule has 0 radical (unpaired) electrons. The Balaban J connectivity index is 0.00000110. The average molecular weight is 601 g/mol. The van der Waals surface area contributed by atoms with Crippen molar-refractivity contribution >= 4 is 29.5 Å². The van der Waals surface area contributed by atoms with E-state index in [1.54, 1.807) is 18.2 Å². The number of hydrazone groups is 1. The van der Waals surface area contributed by atoms with E-state index in [1.807, 2.05) is 52.0 Å². The number of halogens is 7. The van der Waals surface area contributed by atoms with Gasteiger partial charge in [0.1, 0.15) is 5.71 Å². The number of carboxylic acid groups (broad SMARTS) is 1. The summed E-state index contributed by atoms with van der Waals surface area (Å²) in [7, 11) is 0. The summed E-state index contributed by atoms with van der Waals surface area (Å²) in [6.07, 6.45) is -7.96. The van der Waals surface area contributed by atoms with Crippen LogP contribution in [0.25, 0.3) is 11.1 Å². The molecule has 0 amide bonds. The Morgan fingerprint density at radius 2 is 1.51 bits per heavy atom. The van der Waals surface area contributed by atoms with E-state index in [0.29, 0.717) is 29.7 Å². The molecule has 0 aromatic heterocycles. The van der Waals surface area contributed by atoms with Crippen LogP contribution in [0.15, 0.2) is 65.8 Å². The lowest BCUT2D eigenvalue weighted by Gasteiger charge is -2.22. The van der Waals surface area contributed by atoms with Gasteiger partial charge < -0.3 is 5.11 Å². The second kappa shape index (κ2) is 14.4. The van der Waals surface area contributed by atoms with Gasteiger partial charge >= 0.3 is 12.4 Å². The van der Waals surface area contributed by atoms with Gasteiger partial charge in [-0.3, -0.25) is 9.80 Å². The minimum atomic E-state index is -4.47. The third kappa shape index (κ3) is 8.73. The van der Waals surface area contributed by atoms with Crippen LogP contribution >= 0.6 is 11.6 Å². The quantitative estimate of drug-likeness (QED) is 0.234. The topological polar surface area (TPSA) is 52.9 Å². The maximum atomic E-state index is 13.2. The number of hydrogen-bond donors (Lipinski definition) is 1. The molecule has 41 heavy (non-hydrogen) atoms. The smallest absolute Gasteiger partial charge is 0.431 e. The Kier molecular flexibility index (Phi) is 11.8. The summed E-state index contributed by atoms with van der Waals surface area (Å²) in [6.45, 7) is 7.40. The molecule has 0 bridgehead atoms. The molecule has 3 aromatic carbocycles. The molecule has 222 valence electrons. The van der Waals surface area contributed by atoms with Crippen molar-refractivity contribution in [3.8, 4) is 11.1 Å². The van der Waals surface area contributed by atoms with E-state index in [4.69, 9.17) is 21.5 Å². The molecule has 1 heterocycles. The molecular formula is C30H31ClF6N2O2. The molecule has 0 saturated heterocycles. The van der Waals surface area contributed by atoms with Gasteiger partial charge in [0.2, 0.25) is 0 Å². The van der Waals surface area contributed by atoms with Crippen LogP contribution in [0, 0.1) is 6.92 Å². The van der Waals surface area contributed by atoms with Crippen molar-refractivity contribution in [3.63, 3.8) is 0 Å². The highest BCUT2D eigenvalue weighted by molar-refractivity contribution is 6.33. The molecule has 3 aromatic rings. The first kappa shape index (κ1) is 33.7. The van der Waals surface area contributed by atoms with Crippen LogP contribution < -0.4 is 5.01 Å². The Hall–Kier alpha value is -3.53. The maximum Gasteiger partial charge on any atom is 0.431 e. The fraction of sp³-hybridized carbons (Fsp3) is 0.333. The van der Waals surface area contributed by atoms with Crippen molar-refractivity contribution in [1.29, 1.82) is 0 Å². The van der Waals surface area contributed by atoms with Crippen LogP contribution in [-0.2, 0) is 17.4 Å². The standard InChI is InChI=1S/C27H23ClF6N2.C2H6.CH2O2/c1-3-20-15-25(27(32,33)34)35-36(20)21-8-4-17(5-9-21)13-18-6-10-22(16(2)12-18)23-14-19(26(29,30)31)7-11-24(23)28;1-2;2-1-3/h4-12,14,20H,3,13,15H2,1-2H3;1-2H3;1H,(H,2,3). The molecule has 1 aliphatic heterocycles. The van der Waals surface area contributed by atoms with Crippen molar-refractivity contribution in [3.05, 3.63) is 87.9 Å².